The topological polar surface area (TPSA) is 263 Å². The van der Waals surface area contributed by atoms with Crippen molar-refractivity contribution in [2.24, 2.45) is 39.4 Å². The van der Waals surface area contributed by atoms with E-state index in [1.54, 1.807) is 76.2 Å². The van der Waals surface area contributed by atoms with Crippen LogP contribution in [0, 0.1) is 39.4 Å². The Hall–Kier alpha value is -6.60. The summed E-state index contributed by atoms with van der Waals surface area (Å²) in [5.74, 6) is -1.77. The fourth-order valence-electron chi connectivity index (χ4n) is 15.5. The molecule has 7 aliphatic rings. The lowest BCUT2D eigenvalue weighted by atomic mass is 9.75. The molecule has 0 radical (unpaired) electrons. The molecule has 7 fully saturated rings. The third kappa shape index (κ3) is 30.9. The van der Waals surface area contributed by atoms with E-state index < -0.39 is 44.4 Å². The van der Waals surface area contributed by atoms with Gasteiger partial charge in [-0.1, -0.05) is 32.9 Å². The van der Waals surface area contributed by atoms with Crippen LogP contribution in [0.25, 0.3) is 0 Å². The molecule has 7 aliphatic carbocycles. The number of rotatable bonds is 22. The Kier molecular flexibility index (Phi) is 36.4. The van der Waals surface area contributed by atoms with Crippen molar-refractivity contribution in [3.05, 3.63) is 60.8 Å². The molecule has 20 heteroatoms. The summed E-state index contributed by atoms with van der Waals surface area (Å²) in [5.41, 5.74) is -2.22. The van der Waals surface area contributed by atoms with Crippen LogP contribution in [-0.2, 0) is 95.3 Å². The highest BCUT2D eigenvalue weighted by Crippen LogP contribution is 2.50. The summed E-state index contributed by atoms with van der Waals surface area (Å²) < 4.78 is 56.3. The van der Waals surface area contributed by atoms with Crippen molar-refractivity contribution in [2.45, 2.75) is 397 Å². The first-order chi connectivity index (χ1) is 49.6. The number of hydrogen-bond donors (Lipinski definition) is 0. The lowest BCUT2D eigenvalue weighted by molar-refractivity contribution is -0.176. The van der Waals surface area contributed by atoms with Gasteiger partial charge in [-0.2, -0.15) is 0 Å². The van der Waals surface area contributed by atoms with Crippen molar-refractivity contribution in [1.29, 1.82) is 0 Å². The molecule has 0 aromatic heterocycles. The average Bonchev–Trinajstić information content (AvgIpc) is 1.61. The van der Waals surface area contributed by atoms with E-state index in [0.29, 0.717) is 52.5 Å². The predicted molar refractivity (Wildman–Crippen MR) is 418 cm³/mol. The van der Waals surface area contributed by atoms with Gasteiger partial charge in [-0.3, -0.25) is 24.0 Å². The van der Waals surface area contributed by atoms with Gasteiger partial charge in [0, 0.05) is 53.5 Å². The predicted octanol–water partition coefficient (Wildman–Crippen LogP) is 19.3. The Morgan fingerprint density at radius 3 is 1.02 bits per heavy atom. The second-order valence-corrected chi connectivity index (χ2v) is 37.1. The lowest BCUT2D eigenvalue weighted by Gasteiger charge is -2.41. The Morgan fingerprint density at radius 1 is 0.352 bits per heavy atom. The van der Waals surface area contributed by atoms with Gasteiger partial charge in [-0.15, -0.1) is 0 Å². The van der Waals surface area contributed by atoms with E-state index in [-0.39, 0.29) is 101 Å². The fraction of sp³-hybridized carbons (Fsp3) is 0.773. The number of carbonyl (C=O) groups is 10. The third-order valence-electron chi connectivity index (χ3n) is 21.5. The molecule has 0 heterocycles. The molecule has 0 spiro atoms. The summed E-state index contributed by atoms with van der Waals surface area (Å²) in [6, 6.07) is 0. The molecule has 0 bridgehead atoms. The van der Waals surface area contributed by atoms with Crippen molar-refractivity contribution in [2.75, 3.05) is 0 Å². The highest BCUT2D eigenvalue weighted by atomic mass is 16.6. The van der Waals surface area contributed by atoms with Crippen LogP contribution in [0.2, 0.25) is 0 Å². The van der Waals surface area contributed by atoms with Gasteiger partial charge in [-0.25, -0.2) is 24.0 Å². The first-order valence-corrected chi connectivity index (χ1v) is 40.1. The van der Waals surface area contributed by atoms with E-state index in [4.69, 9.17) is 47.4 Å². The van der Waals surface area contributed by atoms with Gasteiger partial charge in [0.05, 0.1) is 21.7 Å². The van der Waals surface area contributed by atoms with Gasteiger partial charge in [-0.05, 0) is 331 Å². The molecular formula is C88H142O20. The average molecular weight is 1520 g/mol. The molecule has 614 valence electrons. The van der Waals surface area contributed by atoms with Crippen LogP contribution in [0.1, 0.15) is 339 Å². The molecule has 4 atom stereocenters. The van der Waals surface area contributed by atoms with Gasteiger partial charge in [0.2, 0.25) is 0 Å². The van der Waals surface area contributed by atoms with Crippen LogP contribution < -0.4 is 0 Å². The van der Waals surface area contributed by atoms with Crippen LogP contribution in [-0.4, -0.2) is 118 Å². The SMILES string of the molecule is C=C(C)C(=O)OC(C)(C)CC(C)OC(=O)C(C)(C)C.C=C(C)C(=O)OC1(C2CCC(OC(=O)C(C)(C)C)CC2)CCCC1.C=C(C)C(=O)OC1(C2CCC(OC(C)=O)CC2)CCCC1.C=C(C)C(=O)OC1(C2CCCC2OC(=O)C(C)(C)C)CCCC1.C=C(C)C(=O)OC1(CC(C)OC(=O)C(C)(C)C)CCCC1. The van der Waals surface area contributed by atoms with Crippen molar-refractivity contribution >= 4 is 59.7 Å². The van der Waals surface area contributed by atoms with Crippen LogP contribution in [0.3, 0.4) is 0 Å². The fourth-order valence-corrected chi connectivity index (χ4v) is 15.5. The van der Waals surface area contributed by atoms with E-state index in [0.717, 1.165) is 173 Å². The second-order valence-electron chi connectivity index (χ2n) is 37.1. The quantitative estimate of drug-likeness (QED) is 0.0554. The molecule has 0 aromatic carbocycles. The van der Waals surface area contributed by atoms with Crippen LogP contribution in [0.5, 0.6) is 0 Å². The van der Waals surface area contributed by atoms with E-state index >= 15 is 0 Å². The number of ether oxygens (including phenoxy) is 10. The van der Waals surface area contributed by atoms with Gasteiger partial charge >= 0.3 is 59.7 Å². The molecule has 0 aliphatic heterocycles. The normalized spacial score (nSPS) is 23.1. The lowest BCUT2D eigenvalue weighted by Crippen LogP contribution is -2.45. The highest BCUT2D eigenvalue weighted by molar-refractivity contribution is 5.89. The molecule has 0 aromatic rings. The minimum Gasteiger partial charge on any atom is -0.463 e. The van der Waals surface area contributed by atoms with Crippen LogP contribution in [0.15, 0.2) is 60.8 Å². The van der Waals surface area contributed by atoms with E-state index in [9.17, 15) is 47.9 Å². The molecule has 7 rings (SSSR count). The minimum atomic E-state index is -0.701. The van der Waals surface area contributed by atoms with Crippen molar-refractivity contribution in [3.63, 3.8) is 0 Å². The summed E-state index contributed by atoms with van der Waals surface area (Å²) >= 11 is 0. The molecule has 0 amide bonds. The molecule has 20 nitrogen and oxygen atoms in total. The Bertz CT molecular complexity index is 3110. The molecular weight excluding hydrogens is 1380 g/mol. The van der Waals surface area contributed by atoms with Gasteiger partial charge in [0.1, 0.15) is 58.5 Å². The number of carbonyl (C=O) groups excluding carboxylic acids is 10. The third-order valence-corrected chi connectivity index (χ3v) is 21.5. The summed E-state index contributed by atoms with van der Waals surface area (Å²) in [6.45, 7) is 57.4. The Labute approximate surface area is 649 Å². The zero-order valence-corrected chi connectivity index (χ0v) is 70.8. The zero-order valence-electron chi connectivity index (χ0n) is 70.8. The first-order valence-electron chi connectivity index (χ1n) is 40.1. The minimum absolute atomic E-state index is 0.00303. The molecule has 4 unspecified atom stereocenters. The summed E-state index contributed by atoms with van der Waals surface area (Å²) in [5, 5.41) is 0. The summed E-state index contributed by atoms with van der Waals surface area (Å²) in [7, 11) is 0. The maximum absolute atomic E-state index is 12.3. The zero-order chi connectivity index (χ0) is 82.4. The maximum atomic E-state index is 12.3. The first kappa shape index (κ1) is 95.6. The molecule has 0 saturated heterocycles. The summed E-state index contributed by atoms with van der Waals surface area (Å²) in [4.78, 5) is 119. The van der Waals surface area contributed by atoms with Gasteiger partial charge in [0.15, 0.2) is 0 Å². The standard InChI is InChI=1S/C20H32O4.C19H30O4.C17H26O4.C17H28O4.C15H26O4/c1-14(2)17(21)24-20(12-6-7-13-20)15-8-10-16(11-9-15)23-18(22)19(3,4)5;1-13(2)16(20)23-19(11-6-7-12-19)14-9-8-10-15(14)22-17(21)18(3,4)5;1-12(2)16(19)21-17(10-4-5-11-17)14-6-8-15(9-7-14)20-13(3)18;1-12(2)14(18)21-17(9-7-8-10-17)11-13(3)20-15(19)16(4,5)6;1-10(2)12(16)19-15(7,8)9-11(3)18-13(17)14(4,5)6/h15-16H,1,6-13H2,2-5H3;14-15H,1,6-12H2,2-5H3;14-15H,1,4-11H2,2-3H3;13H,1,7-11H2,2-6H3;11H,1,9H2,2-8H3. The number of esters is 10. The highest BCUT2D eigenvalue weighted by Gasteiger charge is 2.53. The number of hydrogen-bond acceptors (Lipinski definition) is 20. The molecule has 7 saturated carbocycles. The van der Waals surface area contributed by atoms with E-state index in [2.05, 4.69) is 32.9 Å². The largest absolute Gasteiger partial charge is 0.463 e. The van der Waals surface area contributed by atoms with Crippen LogP contribution >= 0.6 is 0 Å². The van der Waals surface area contributed by atoms with Crippen molar-refractivity contribution in [1.82, 2.24) is 0 Å². The smallest absolute Gasteiger partial charge is 0.333 e. The van der Waals surface area contributed by atoms with Crippen molar-refractivity contribution in [3.8, 4) is 0 Å². The monoisotopic (exact) mass is 1520 g/mol. The van der Waals surface area contributed by atoms with E-state index in [1.807, 2.05) is 69.2 Å². The second kappa shape index (κ2) is 41.1. The Balaban J connectivity index is 0.000000351. The van der Waals surface area contributed by atoms with Crippen molar-refractivity contribution < 1.29 is 95.3 Å². The van der Waals surface area contributed by atoms with Crippen LogP contribution in [0.4, 0.5) is 0 Å². The van der Waals surface area contributed by atoms with Gasteiger partial charge in [0.25, 0.3) is 0 Å². The Morgan fingerprint density at radius 2 is 0.667 bits per heavy atom. The van der Waals surface area contributed by atoms with Gasteiger partial charge < -0.3 is 47.4 Å². The molecule has 0 N–H and O–H groups in total. The maximum Gasteiger partial charge on any atom is 0.333 e. The van der Waals surface area contributed by atoms with E-state index in [1.165, 1.54) is 6.92 Å². The summed E-state index contributed by atoms with van der Waals surface area (Å²) in [6.07, 6.45) is 26.2. The molecule has 108 heavy (non-hydrogen) atoms.